The molecule has 1 N–H and O–H groups in total. The number of amides is 2. The molecule has 0 radical (unpaired) electrons. The molecule has 1 fully saturated rings. The summed E-state index contributed by atoms with van der Waals surface area (Å²) >= 11 is 5.22. The number of carbonyl (C=O) groups excluding carboxylic acids is 2. The van der Waals surface area contributed by atoms with Crippen molar-refractivity contribution >= 4 is 40.9 Å². The molecule has 0 aliphatic carbocycles. The molecule has 3 aromatic rings. The topological polar surface area (TPSA) is 67.9 Å². The average molecular weight is 463 g/mol. The second-order valence-electron chi connectivity index (χ2n) is 7.11. The Labute approximate surface area is 195 Å². The number of ether oxygens (including phenoxy) is 2. The zero-order valence-electron chi connectivity index (χ0n) is 17.6. The molecular weight excluding hydrogens is 443 g/mol. The van der Waals surface area contributed by atoms with E-state index < -0.39 is 11.8 Å². The molecule has 0 bridgehead atoms. The Balaban J connectivity index is 1.67. The number of nitrogens with one attached hydrogen (secondary N) is 1. The predicted molar refractivity (Wildman–Crippen MR) is 126 cm³/mol. The number of hydrogen-bond donors (Lipinski definition) is 1. The van der Waals surface area contributed by atoms with Crippen molar-refractivity contribution in [2.45, 2.75) is 6.61 Å². The fraction of sp³-hybridized carbons (Fsp3) is 0.0800. The summed E-state index contributed by atoms with van der Waals surface area (Å²) < 4.78 is 24.4. The van der Waals surface area contributed by atoms with E-state index in [4.69, 9.17) is 21.7 Å². The van der Waals surface area contributed by atoms with E-state index in [1.54, 1.807) is 54.6 Å². The van der Waals surface area contributed by atoms with Gasteiger partial charge in [0.05, 0.1) is 12.8 Å². The lowest BCUT2D eigenvalue weighted by Gasteiger charge is -2.29. The minimum absolute atomic E-state index is 0.0101. The Kier molecular flexibility index (Phi) is 6.46. The van der Waals surface area contributed by atoms with E-state index in [0.29, 0.717) is 22.7 Å². The molecule has 3 aromatic carbocycles. The van der Waals surface area contributed by atoms with E-state index >= 15 is 0 Å². The third-order valence-corrected chi connectivity index (χ3v) is 5.23. The van der Waals surface area contributed by atoms with Crippen molar-refractivity contribution in [2.24, 2.45) is 0 Å². The highest BCUT2D eigenvalue weighted by molar-refractivity contribution is 7.80. The van der Waals surface area contributed by atoms with Crippen LogP contribution < -0.4 is 19.7 Å². The first-order valence-corrected chi connectivity index (χ1v) is 10.4. The maximum absolute atomic E-state index is 13.2. The highest BCUT2D eigenvalue weighted by Crippen LogP contribution is 2.29. The standard InChI is InChI=1S/C25H19FN2O4S/c1-31-20-12-9-17(22(14-20)32-15-16-7-10-18(26)11-8-16)13-21-23(29)27-25(33)28(24(21)30)19-5-3-2-4-6-19/h2-14H,15H2,1H3,(H,27,29,33)/b21-13-. The van der Waals surface area contributed by atoms with E-state index in [2.05, 4.69) is 5.32 Å². The molecule has 0 aromatic heterocycles. The molecule has 6 nitrogen and oxygen atoms in total. The number of rotatable bonds is 6. The van der Waals surface area contributed by atoms with E-state index in [-0.39, 0.29) is 23.1 Å². The second kappa shape index (κ2) is 9.62. The molecule has 1 aliphatic rings. The zero-order chi connectivity index (χ0) is 23.4. The predicted octanol–water partition coefficient (Wildman–Crippen LogP) is 4.24. The van der Waals surface area contributed by atoms with Crippen molar-refractivity contribution in [3.63, 3.8) is 0 Å². The molecule has 0 unspecified atom stereocenters. The average Bonchev–Trinajstić information content (AvgIpc) is 2.82. The van der Waals surface area contributed by atoms with Gasteiger partial charge >= 0.3 is 0 Å². The molecule has 4 rings (SSSR count). The number of hydrogen-bond acceptors (Lipinski definition) is 5. The summed E-state index contributed by atoms with van der Waals surface area (Å²) in [6, 6.07) is 19.8. The van der Waals surface area contributed by atoms with E-state index in [9.17, 15) is 14.0 Å². The lowest BCUT2D eigenvalue weighted by atomic mass is 10.1. The van der Waals surface area contributed by atoms with E-state index in [1.807, 2.05) is 6.07 Å². The summed E-state index contributed by atoms with van der Waals surface area (Å²) in [5, 5.41) is 2.57. The smallest absolute Gasteiger partial charge is 0.270 e. The van der Waals surface area contributed by atoms with Crippen LogP contribution in [0.3, 0.4) is 0 Å². The molecule has 1 heterocycles. The number of para-hydroxylation sites is 1. The van der Waals surface area contributed by atoms with Crippen molar-refractivity contribution in [3.8, 4) is 11.5 Å². The van der Waals surface area contributed by atoms with Crippen LogP contribution in [-0.4, -0.2) is 24.0 Å². The summed E-state index contributed by atoms with van der Waals surface area (Å²) in [4.78, 5) is 27.1. The normalized spacial score (nSPS) is 14.9. The first-order chi connectivity index (χ1) is 16.0. The van der Waals surface area contributed by atoms with Crippen LogP contribution in [0.5, 0.6) is 11.5 Å². The molecule has 2 amide bonds. The molecule has 0 atom stereocenters. The SMILES string of the molecule is COc1ccc(/C=C2/C(=O)NC(=S)N(c3ccccc3)C2=O)c(OCc2ccc(F)cc2)c1. The van der Waals surface area contributed by atoms with Gasteiger partial charge in [0.2, 0.25) is 0 Å². The fourth-order valence-corrected chi connectivity index (χ4v) is 3.53. The minimum Gasteiger partial charge on any atom is -0.497 e. The second-order valence-corrected chi connectivity index (χ2v) is 7.50. The van der Waals surface area contributed by atoms with Gasteiger partial charge in [0.1, 0.15) is 29.5 Å². The van der Waals surface area contributed by atoms with Gasteiger partial charge in [-0.2, -0.15) is 0 Å². The minimum atomic E-state index is -0.600. The molecule has 0 spiro atoms. The molecule has 8 heteroatoms. The van der Waals surface area contributed by atoms with Crippen molar-refractivity contribution < 1.29 is 23.5 Å². The first-order valence-electron chi connectivity index (χ1n) is 9.98. The van der Waals surface area contributed by atoms with Gasteiger partial charge in [-0.15, -0.1) is 0 Å². The molecule has 33 heavy (non-hydrogen) atoms. The van der Waals surface area contributed by atoms with Crippen molar-refractivity contribution in [1.29, 1.82) is 0 Å². The van der Waals surface area contributed by atoms with E-state index in [1.165, 1.54) is 30.2 Å². The lowest BCUT2D eigenvalue weighted by Crippen LogP contribution is -2.54. The molecule has 1 aliphatic heterocycles. The number of halogens is 1. The third-order valence-electron chi connectivity index (χ3n) is 4.94. The lowest BCUT2D eigenvalue weighted by molar-refractivity contribution is -0.122. The number of methoxy groups -OCH3 is 1. The molecule has 1 saturated heterocycles. The van der Waals surface area contributed by atoms with E-state index in [0.717, 1.165) is 5.56 Å². The molecule has 0 saturated carbocycles. The summed E-state index contributed by atoms with van der Waals surface area (Å²) in [7, 11) is 1.52. The molecule has 166 valence electrons. The number of carbonyl (C=O) groups is 2. The quantitative estimate of drug-likeness (QED) is 0.337. The Morgan fingerprint density at radius 3 is 2.45 bits per heavy atom. The monoisotopic (exact) mass is 462 g/mol. The summed E-state index contributed by atoms with van der Waals surface area (Å²) in [5.41, 5.74) is 1.70. The highest BCUT2D eigenvalue weighted by Gasteiger charge is 2.34. The Morgan fingerprint density at radius 1 is 1.03 bits per heavy atom. The summed E-state index contributed by atoms with van der Waals surface area (Å²) in [6.07, 6.45) is 1.45. The Bertz CT molecular complexity index is 1240. The number of thiocarbonyl (C=S) groups is 1. The van der Waals surface area contributed by atoms with Gasteiger partial charge in [0.15, 0.2) is 5.11 Å². The van der Waals surface area contributed by atoms with Gasteiger partial charge in [-0.05, 0) is 60.3 Å². The maximum Gasteiger partial charge on any atom is 0.270 e. The Morgan fingerprint density at radius 2 is 1.76 bits per heavy atom. The van der Waals surface area contributed by atoms with Gasteiger partial charge < -0.3 is 9.47 Å². The van der Waals surface area contributed by atoms with Crippen LogP contribution in [0.15, 0.2) is 78.4 Å². The van der Waals surface area contributed by atoms with Crippen molar-refractivity contribution in [1.82, 2.24) is 5.32 Å². The maximum atomic E-state index is 13.2. The highest BCUT2D eigenvalue weighted by atomic mass is 32.1. The fourth-order valence-electron chi connectivity index (χ4n) is 3.25. The van der Waals surface area contributed by atoms with Crippen LogP contribution in [0.2, 0.25) is 0 Å². The summed E-state index contributed by atoms with van der Waals surface area (Å²) in [5.74, 6) is -0.551. The van der Waals surface area contributed by atoms with Crippen LogP contribution in [0.25, 0.3) is 6.08 Å². The Hall–Kier alpha value is -4.04. The van der Waals surface area contributed by atoms with Crippen LogP contribution in [0.1, 0.15) is 11.1 Å². The van der Waals surface area contributed by atoms with Gasteiger partial charge in [-0.25, -0.2) is 4.39 Å². The number of benzene rings is 3. The van der Waals surface area contributed by atoms with Crippen molar-refractivity contribution in [3.05, 3.63) is 95.3 Å². The summed E-state index contributed by atoms with van der Waals surface area (Å²) in [6.45, 7) is 0.157. The molecular formula is C25H19FN2O4S. The van der Waals surface area contributed by atoms with Crippen LogP contribution in [0, 0.1) is 5.82 Å². The number of nitrogens with zero attached hydrogens (tertiary/aromatic N) is 1. The third kappa shape index (κ3) is 4.91. The zero-order valence-corrected chi connectivity index (χ0v) is 18.4. The van der Waals surface area contributed by atoms with Crippen LogP contribution >= 0.6 is 12.2 Å². The van der Waals surface area contributed by atoms with Crippen molar-refractivity contribution in [2.75, 3.05) is 12.0 Å². The number of anilines is 1. The van der Waals surface area contributed by atoms with Gasteiger partial charge in [0.25, 0.3) is 11.8 Å². The van der Waals surface area contributed by atoms with Gasteiger partial charge in [0, 0.05) is 11.6 Å². The van der Waals surface area contributed by atoms with Crippen LogP contribution in [0.4, 0.5) is 10.1 Å². The first kappa shape index (κ1) is 22.2. The van der Waals surface area contributed by atoms with Gasteiger partial charge in [-0.1, -0.05) is 30.3 Å². The van der Waals surface area contributed by atoms with Gasteiger partial charge in [-0.3, -0.25) is 19.8 Å². The van der Waals surface area contributed by atoms with Crippen LogP contribution in [-0.2, 0) is 16.2 Å². The largest absolute Gasteiger partial charge is 0.497 e.